The summed E-state index contributed by atoms with van der Waals surface area (Å²) in [6.07, 6.45) is 0.801. The zero-order valence-electron chi connectivity index (χ0n) is 18.2. The van der Waals surface area contributed by atoms with Crippen LogP contribution in [0.25, 0.3) is 10.2 Å². The van der Waals surface area contributed by atoms with Gasteiger partial charge in [0.2, 0.25) is 0 Å². The molecule has 2 heterocycles. The lowest BCUT2D eigenvalue weighted by molar-refractivity contribution is 0.0376. The third-order valence-electron chi connectivity index (χ3n) is 5.35. The lowest BCUT2D eigenvalue weighted by Gasteiger charge is -2.27. The van der Waals surface area contributed by atoms with Gasteiger partial charge in [0.1, 0.15) is 5.52 Å². The summed E-state index contributed by atoms with van der Waals surface area (Å²) in [5.41, 5.74) is 1.57. The van der Waals surface area contributed by atoms with Crippen molar-refractivity contribution in [2.75, 3.05) is 51.4 Å². The molecule has 7 nitrogen and oxygen atoms in total. The third kappa shape index (κ3) is 6.02. The van der Waals surface area contributed by atoms with Gasteiger partial charge < -0.3 is 9.47 Å². The van der Waals surface area contributed by atoms with Crippen LogP contribution in [0.3, 0.4) is 0 Å². The van der Waals surface area contributed by atoms with Gasteiger partial charge in [-0.2, -0.15) is 0 Å². The molecule has 0 spiro atoms. The molecule has 10 heteroatoms. The number of hydrogen-bond acceptors (Lipinski definition) is 7. The van der Waals surface area contributed by atoms with E-state index in [2.05, 4.69) is 9.88 Å². The highest BCUT2D eigenvalue weighted by molar-refractivity contribution is 7.22. The smallest absolute Gasteiger partial charge is 0.337 e. The van der Waals surface area contributed by atoms with E-state index in [1.54, 1.807) is 35.2 Å². The van der Waals surface area contributed by atoms with Crippen LogP contribution < -0.4 is 4.90 Å². The number of rotatable bonds is 7. The zero-order chi connectivity index (χ0) is 22.5. The molecule has 2 aromatic carbocycles. The number of anilines is 1. The van der Waals surface area contributed by atoms with E-state index in [1.807, 2.05) is 12.1 Å². The molecular weight excluding hydrogens is 485 g/mol. The first-order valence-electron chi connectivity index (χ1n) is 10.4. The highest BCUT2D eigenvalue weighted by atomic mass is 35.5. The molecule has 0 saturated carbocycles. The van der Waals surface area contributed by atoms with E-state index in [9.17, 15) is 9.59 Å². The topological polar surface area (TPSA) is 72.0 Å². The van der Waals surface area contributed by atoms with Crippen molar-refractivity contribution in [2.24, 2.45) is 0 Å². The number of esters is 1. The molecule has 1 aliphatic rings. The monoisotopic (exact) mass is 509 g/mol. The predicted octanol–water partition coefficient (Wildman–Crippen LogP) is 4.53. The first kappa shape index (κ1) is 25.4. The Labute approximate surface area is 207 Å². The Morgan fingerprint density at radius 3 is 2.52 bits per heavy atom. The number of aromatic nitrogens is 1. The molecule has 176 valence electrons. The van der Waals surface area contributed by atoms with E-state index < -0.39 is 5.97 Å². The van der Waals surface area contributed by atoms with Crippen molar-refractivity contribution in [3.8, 4) is 0 Å². The summed E-state index contributed by atoms with van der Waals surface area (Å²) in [7, 11) is 1.33. The minimum Gasteiger partial charge on any atom is -0.465 e. The number of morpholine rings is 1. The van der Waals surface area contributed by atoms with Crippen LogP contribution in [0.5, 0.6) is 0 Å². The highest BCUT2D eigenvalue weighted by Crippen LogP contribution is 2.33. The average molecular weight is 510 g/mol. The van der Waals surface area contributed by atoms with Crippen molar-refractivity contribution in [3.63, 3.8) is 0 Å². The quantitative estimate of drug-likeness (QED) is 0.435. The van der Waals surface area contributed by atoms with Crippen LogP contribution in [0.4, 0.5) is 5.13 Å². The Morgan fingerprint density at radius 2 is 1.85 bits per heavy atom. The molecule has 1 aliphatic heterocycles. The molecule has 4 rings (SSSR count). The van der Waals surface area contributed by atoms with Crippen molar-refractivity contribution in [2.45, 2.75) is 6.42 Å². The normalized spacial score (nSPS) is 14.0. The fourth-order valence-corrected chi connectivity index (χ4v) is 4.89. The molecular formula is C23H25Cl2N3O4S. The Balaban J connectivity index is 0.00000306. The number of fused-ring (bicyclic) bond motifs is 1. The maximum absolute atomic E-state index is 13.4. The van der Waals surface area contributed by atoms with E-state index in [4.69, 9.17) is 21.1 Å². The predicted molar refractivity (Wildman–Crippen MR) is 133 cm³/mol. The van der Waals surface area contributed by atoms with Crippen LogP contribution >= 0.6 is 35.3 Å². The number of methoxy groups -OCH3 is 1. The van der Waals surface area contributed by atoms with Crippen molar-refractivity contribution >= 4 is 62.6 Å². The third-order valence-corrected chi connectivity index (χ3v) is 6.70. The molecule has 0 N–H and O–H groups in total. The van der Waals surface area contributed by atoms with Gasteiger partial charge in [-0.1, -0.05) is 29.0 Å². The van der Waals surface area contributed by atoms with Crippen LogP contribution in [0, 0.1) is 0 Å². The first-order valence-corrected chi connectivity index (χ1v) is 11.6. The molecule has 1 aromatic heterocycles. The molecule has 0 aliphatic carbocycles. The van der Waals surface area contributed by atoms with Crippen molar-refractivity contribution in [1.29, 1.82) is 0 Å². The highest BCUT2D eigenvalue weighted by Gasteiger charge is 2.23. The Hall–Kier alpha value is -2.23. The number of ether oxygens (including phenoxy) is 2. The van der Waals surface area contributed by atoms with Gasteiger partial charge in [0.25, 0.3) is 5.91 Å². The minimum atomic E-state index is -0.438. The maximum Gasteiger partial charge on any atom is 0.337 e. The molecule has 1 fully saturated rings. The number of carbonyl (C=O) groups excluding carboxylic acids is 2. The lowest BCUT2D eigenvalue weighted by Crippen LogP contribution is -2.39. The average Bonchev–Trinajstić information content (AvgIpc) is 3.27. The molecule has 0 radical (unpaired) electrons. The molecule has 1 amide bonds. The number of para-hydroxylation sites is 1. The van der Waals surface area contributed by atoms with Gasteiger partial charge in [0.15, 0.2) is 5.13 Å². The van der Waals surface area contributed by atoms with Crippen LogP contribution in [0.15, 0.2) is 42.5 Å². The molecule has 33 heavy (non-hydrogen) atoms. The van der Waals surface area contributed by atoms with Crippen LogP contribution in [-0.4, -0.2) is 68.3 Å². The van der Waals surface area contributed by atoms with Crippen molar-refractivity contribution in [1.82, 2.24) is 9.88 Å². The second-order valence-corrected chi connectivity index (χ2v) is 8.83. The van der Waals surface area contributed by atoms with Gasteiger partial charge >= 0.3 is 5.97 Å². The summed E-state index contributed by atoms with van der Waals surface area (Å²) >= 11 is 7.76. The maximum atomic E-state index is 13.4. The Morgan fingerprint density at radius 1 is 1.15 bits per heavy atom. The molecule has 0 atom stereocenters. The number of hydrogen-bond donors (Lipinski definition) is 0. The number of amides is 1. The summed E-state index contributed by atoms with van der Waals surface area (Å²) in [6, 6.07) is 12.1. The zero-order valence-corrected chi connectivity index (χ0v) is 20.5. The van der Waals surface area contributed by atoms with Crippen LogP contribution in [-0.2, 0) is 9.47 Å². The molecule has 0 unspecified atom stereocenters. The first-order chi connectivity index (χ1) is 15.6. The molecule has 3 aromatic rings. The fraction of sp³-hybridized carbons (Fsp3) is 0.348. The van der Waals surface area contributed by atoms with E-state index in [1.165, 1.54) is 18.4 Å². The van der Waals surface area contributed by atoms with Gasteiger partial charge in [0, 0.05) is 31.7 Å². The number of halogens is 2. The largest absolute Gasteiger partial charge is 0.465 e. The number of benzene rings is 2. The second kappa shape index (κ2) is 11.8. The fourth-order valence-electron chi connectivity index (χ4n) is 3.60. The van der Waals surface area contributed by atoms with Crippen LogP contribution in [0.1, 0.15) is 27.1 Å². The summed E-state index contributed by atoms with van der Waals surface area (Å²) < 4.78 is 11.1. The van der Waals surface area contributed by atoms with E-state index in [0.717, 1.165) is 44.0 Å². The Kier molecular flexibility index (Phi) is 9.05. The van der Waals surface area contributed by atoms with Gasteiger partial charge in [-0.15, -0.1) is 12.4 Å². The lowest BCUT2D eigenvalue weighted by atomic mass is 10.1. The molecule has 0 bridgehead atoms. The van der Waals surface area contributed by atoms with Crippen LogP contribution in [0.2, 0.25) is 5.02 Å². The number of thiazole rings is 1. The van der Waals surface area contributed by atoms with E-state index in [0.29, 0.717) is 33.3 Å². The number of carbonyl (C=O) groups is 2. The van der Waals surface area contributed by atoms with E-state index in [-0.39, 0.29) is 18.3 Å². The van der Waals surface area contributed by atoms with Gasteiger partial charge in [-0.3, -0.25) is 14.6 Å². The summed E-state index contributed by atoms with van der Waals surface area (Å²) in [4.78, 5) is 33.9. The SMILES string of the molecule is COC(=O)c1ccc(C(=O)N(CCCN2CCOCC2)c2nc3c(Cl)cccc3s2)cc1.Cl. The summed E-state index contributed by atoms with van der Waals surface area (Å²) in [6.45, 7) is 4.68. The van der Waals surface area contributed by atoms with Gasteiger partial charge in [-0.25, -0.2) is 9.78 Å². The Bertz CT molecular complexity index is 1100. The van der Waals surface area contributed by atoms with Gasteiger partial charge in [-0.05, 0) is 42.8 Å². The van der Waals surface area contributed by atoms with Crippen molar-refractivity contribution < 1.29 is 19.1 Å². The van der Waals surface area contributed by atoms with Crippen molar-refractivity contribution in [3.05, 3.63) is 58.6 Å². The summed E-state index contributed by atoms with van der Waals surface area (Å²) in [5.74, 6) is -0.606. The molecule has 1 saturated heterocycles. The minimum absolute atomic E-state index is 0. The second-order valence-electron chi connectivity index (χ2n) is 7.42. The van der Waals surface area contributed by atoms with E-state index >= 15 is 0 Å². The standard InChI is InChI=1S/C23H24ClN3O4S.ClH/c1-30-22(29)17-8-6-16(7-9-17)21(28)27(11-3-10-26-12-14-31-15-13-26)23-25-20-18(24)4-2-5-19(20)32-23;/h2,4-9H,3,10-15H2,1H3;1H. The number of nitrogens with zero attached hydrogens (tertiary/aromatic N) is 3. The van der Waals surface area contributed by atoms with Gasteiger partial charge in [0.05, 0.1) is 35.6 Å². The summed E-state index contributed by atoms with van der Waals surface area (Å²) in [5, 5.41) is 1.17.